The first-order chi connectivity index (χ1) is 14.3. The van der Waals surface area contributed by atoms with Crippen molar-refractivity contribution in [1.29, 1.82) is 0 Å². The summed E-state index contributed by atoms with van der Waals surface area (Å²) in [6, 6.07) is 12.5. The molecule has 3 rings (SSSR count). The molecular formula is C22H21FN2O4S. The van der Waals surface area contributed by atoms with Crippen molar-refractivity contribution in [1.82, 2.24) is 5.16 Å². The summed E-state index contributed by atoms with van der Waals surface area (Å²) in [5, 5.41) is 6.47. The van der Waals surface area contributed by atoms with E-state index in [4.69, 9.17) is 9.26 Å². The number of halogens is 1. The van der Waals surface area contributed by atoms with E-state index < -0.39 is 23.8 Å². The first kappa shape index (κ1) is 21.6. The molecule has 156 valence electrons. The molecule has 0 saturated heterocycles. The molecule has 1 atom stereocenters. The number of aromatic nitrogens is 1. The number of hydrogen-bond acceptors (Lipinski definition) is 6. The first-order valence-electron chi connectivity index (χ1n) is 9.26. The molecule has 0 aliphatic carbocycles. The van der Waals surface area contributed by atoms with Gasteiger partial charge in [0.25, 0.3) is 5.91 Å². The van der Waals surface area contributed by atoms with Gasteiger partial charge in [0.15, 0.2) is 6.10 Å². The van der Waals surface area contributed by atoms with Gasteiger partial charge in [-0.1, -0.05) is 23.4 Å². The molecular weight excluding hydrogens is 407 g/mol. The Balaban J connectivity index is 1.65. The highest BCUT2D eigenvalue weighted by Crippen LogP contribution is 2.29. The van der Waals surface area contributed by atoms with Gasteiger partial charge in [0.05, 0.1) is 11.3 Å². The van der Waals surface area contributed by atoms with Crippen LogP contribution in [0.3, 0.4) is 0 Å². The second-order valence-electron chi connectivity index (χ2n) is 6.63. The molecule has 0 aliphatic heterocycles. The number of aryl methyl sites for hydroxylation is 2. The maximum absolute atomic E-state index is 13.3. The molecule has 0 spiro atoms. The maximum atomic E-state index is 13.3. The number of hydrogen-bond donors (Lipinski definition) is 1. The van der Waals surface area contributed by atoms with Crippen LogP contribution in [0.1, 0.15) is 34.3 Å². The van der Waals surface area contributed by atoms with Crippen LogP contribution in [0.5, 0.6) is 0 Å². The number of amides is 1. The number of anilines is 1. The average Bonchev–Trinajstić information content (AvgIpc) is 3.04. The molecule has 0 bridgehead atoms. The number of nitrogens with one attached hydrogen (secondary N) is 1. The van der Waals surface area contributed by atoms with Gasteiger partial charge in [0, 0.05) is 21.9 Å². The van der Waals surface area contributed by atoms with Gasteiger partial charge < -0.3 is 14.6 Å². The van der Waals surface area contributed by atoms with Crippen LogP contribution < -0.4 is 5.32 Å². The smallest absolute Gasteiger partial charge is 0.340 e. The quantitative estimate of drug-likeness (QED) is 0.426. The number of thioether (sulfide) groups is 1. The molecule has 0 fully saturated rings. The predicted molar refractivity (Wildman–Crippen MR) is 112 cm³/mol. The number of nitrogens with zero attached hydrogens (tertiary/aromatic N) is 1. The van der Waals surface area contributed by atoms with E-state index in [-0.39, 0.29) is 0 Å². The van der Waals surface area contributed by atoms with Crippen LogP contribution in [-0.4, -0.2) is 23.1 Å². The van der Waals surface area contributed by atoms with Crippen LogP contribution in [-0.2, 0) is 15.3 Å². The monoisotopic (exact) mass is 428 g/mol. The highest BCUT2D eigenvalue weighted by molar-refractivity contribution is 7.98. The summed E-state index contributed by atoms with van der Waals surface area (Å²) >= 11 is 1.46. The Bertz CT molecular complexity index is 1050. The highest BCUT2D eigenvalue weighted by Gasteiger charge is 2.21. The summed E-state index contributed by atoms with van der Waals surface area (Å²) in [4.78, 5) is 25.7. The van der Waals surface area contributed by atoms with E-state index in [1.165, 1.54) is 36.9 Å². The molecule has 0 radical (unpaired) electrons. The highest BCUT2D eigenvalue weighted by atomic mass is 32.2. The molecule has 0 saturated carbocycles. The third-order valence-corrected chi connectivity index (χ3v) is 5.51. The molecule has 1 N–H and O–H groups in total. The number of esters is 1. The summed E-state index contributed by atoms with van der Waals surface area (Å²) in [6.45, 7) is 5.17. The van der Waals surface area contributed by atoms with Gasteiger partial charge in [-0.05, 0) is 51.1 Å². The van der Waals surface area contributed by atoms with Crippen LogP contribution in [0.4, 0.5) is 10.1 Å². The summed E-state index contributed by atoms with van der Waals surface area (Å²) in [7, 11) is 0. The van der Waals surface area contributed by atoms with Crippen molar-refractivity contribution in [3.63, 3.8) is 0 Å². The minimum absolute atomic E-state index is 0.290. The van der Waals surface area contributed by atoms with Crippen molar-refractivity contribution in [3.05, 3.63) is 76.9 Å². The molecule has 30 heavy (non-hydrogen) atoms. The van der Waals surface area contributed by atoms with E-state index in [0.717, 1.165) is 21.9 Å². The van der Waals surface area contributed by atoms with E-state index in [9.17, 15) is 14.0 Å². The molecule has 2 aromatic carbocycles. The van der Waals surface area contributed by atoms with Crippen molar-refractivity contribution in [2.24, 2.45) is 0 Å². The van der Waals surface area contributed by atoms with Crippen LogP contribution in [0.25, 0.3) is 0 Å². The summed E-state index contributed by atoms with van der Waals surface area (Å²) in [5.74, 6) is -0.306. The van der Waals surface area contributed by atoms with E-state index in [0.29, 0.717) is 17.0 Å². The standard InChI is InChI=1S/C22H21FN2O4S/c1-13-19(14(2)29-25-13)12-30-20-10-5-4-9-18(20)22(27)28-15(3)21(26)24-17-8-6-7-16(23)11-17/h4-11,15H,12H2,1-3H3,(H,24,26). The largest absolute Gasteiger partial charge is 0.449 e. The third kappa shape index (κ3) is 5.27. The van der Waals surface area contributed by atoms with Crippen molar-refractivity contribution < 1.29 is 23.2 Å². The average molecular weight is 428 g/mol. The van der Waals surface area contributed by atoms with Crippen molar-refractivity contribution >= 4 is 29.3 Å². The number of rotatable bonds is 7. The minimum atomic E-state index is -1.05. The Morgan fingerprint density at radius 1 is 1.20 bits per heavy atom. The topological polar surface area (TPSA) is 81.4 Å². The lowest BCUT2D eigenvalue weighted by Gasteiger charge is -2.15. The molecule has 1 unspecified atom stereocenters. The molecule has 6 nitrogen and oxygen atoms in total. The molecule has 1 heterocycles. The van der Waals surface area contributed by atoms with Gasteiger partial charge in [-0.25, -0.2) is 9.18 Å². The van der Waals surface area contributed by atoms with Gasteiger partial charge in [0.1, 0.15) is 11.6 Å². The summed E-state index contributed by atoms with van der Waals surface area (Å²) in [6.07, 6.45) is -1.05. The zero-order valence-electron chi connectivity index (χ0n) is 16.8. The lowest BCUT2D eigenvalue weighted by atomic mass is 10.2. The third-order valence-electron chi connectivity index (χ3n) is 4.41. The molecule has 0 aliphatic rings. The van der Waals surface area contributed by atoms with E-state index in [1.54, 1.807) is 18.2 Å². The van der Waals surface area contributed by atoms with Crippen molar-refractivity contribution in [2.45, 2.75) is 37.5 Å². The minimum Gasteiger partial charge on any atom is -0.449 e. The Labute approximate surface area is 177 Å². The fourth-order valence-corrected chi connectivity index (χ4v) is 3.90. The van der Waals surface area contributed by atoms with E-state index >= 15 is 0 Å². The van der Waals surface area contributed by atoms with Crippen LogP contribution >= 0.6 is 11.8 Å². The van der Waals surface area contributed by atoms with Gasteiger partial charge in [-0.2, -0.15) is 0 Å². The van der Waals surface area contributed by atoms with E-state index in [2.05, 4.69) is 10.5 Å². The molecule has 1 amide bonds. The molecule has 1 aromatic heterocycles. The number of carbonyl (C=O) groups is 2. The normalized spacial score (nSPS) is 11.7. The van der Waals surface area contributed by atoms with Gasteiger partial charge in [0.2, 0.25) is 0 Å². The lowest BCUT2D eigenvalue weighted by Crippen LogP contribution is -2.30. The summed E-state index contributed by atoms with van der Waals surface area (Å²) < 4.78 is 23.8. The Morgan fingerprint density at radius 3 is 2.67 bits per heavy atom. The predicted octanol–water partition coefficient (Wildman–Crippen LogP) is 4.91. The fraction of sp³-hybridized carbons (Fsp3) is 0.227. The van der Waals surface area contributed by atoms with Crippen LogP contribution in [0, 0.1) is 19.7 Å². The van der Waals surface area contributed by atoms with Gasteiger partial charge in [-0.3, -0.25) is 4.79 Å². The second kappa shape index (κ2) is 9.58. The Hall–Kier alpha value is -3.13. The number of carbonyl (C=O) groups excluding carboxylic acids is 2. The zero-order chi connectivity index (χ0) is 21.7. The van der Waals surface area contributed by atoms with Crippen molar-refractivity contribution in [3.8, 4) is 0 Å². The molecule has 3 aromatic rings. The van der Waals surface area contributed by atoms with Gasteiger partial charge in [-0.15, -0.1) is 11.8 Å². The SMILES string of the molecule is Cc1noc(C)c1CSc1ccccc1C(=O)OC(C)C(=O)Nc1cccc(F)c1. The number of benzene rings is 2. The summed E-state index contributed by atoms with van der Waals surface area (Å²) in [5.41, 5.74) is 2.44. The number of ether oxygens (including phenoxy) is 1. The lowest BCUT2D eigenvalue weighted by molar-refractivity contribution is -0.123. The first-order valence-corrected chi connectivity index (χ1v) is 10.2. The maximum Gasteiger partial charge on any atom is 0.340 e. The molecule has 8 heteroatoms. The van der Waals surface area contributed by atoms with Gasteiger partial charge >= 0.3 is 5.97 Å². The zero-order valence-corrected chi connectivity index (χ0v) is 17.6. The van der Waals surface area contributed by atoms with Crippen LogP contribution in [0.2, 0.25) is 0 Å². The van der Waals surface area contributed by atoms with E-state index in [1.807, 2.05) is 26.0 Å². The second-order valence-corrected chi connectivity index (χ2v) is 7.65. The fourth-order valence-electron chi connectivity index (χ4n) is 2.71. The van der Waals surface area contributed by atoms with Crippen molar-refractivity contribution in [2.75, 3.05) is 5.32 Å². The Kier molecular flexibility index (Phi) is 6.89. The Morgan fingerprint density at radius 2 is 1.97 bits per heavy atom. The van der Waals surface area contributed by atoms with Crippen LogP contribution in [0.15, 0.2) is 57.9 Å².